The zero-order valence-electron chi connectivity index (χ0n) is 14.8. The fraction of sp³-hybridized carbons (Fsp3) is 0.238. The molecule has 0 saturated carbocycles. The number of anilines is 1. The molecule has 0 aliphatic carbocycles. The Kier molecular flexibility index (Phi) is 4.86. The summed E-state index contributed by atoms with van der Waals surface area (Å²) in [5.41, 5.74) is 3.20. The van der Waals surface area contributed by atoms with Crippen LogP contribution in [0.3, 0.4) is 0 Å². The van der Waals surface area contributed by atoms with Crippen molar-refractivity contribution in [2.24, 2.45) is 5.92 Å². The maximum atomic E-state index is 13.3. The van der Waals surface area contributed by atoms with Crippen LogP contribution in [0.2, 0.25) is 0 Å². The van der Waals surface area contributed by atoms with Crippen molar-refractivity contribution in [1.29, 1.82) is 5.26 Å². The van der Waals surface area contributed by atoms with E-state index in [-0.39, 0.29) is 5.82 Å². The number of rotatable bonds is 5. The molecular formula is C21H20FN5. The molecule has 2 aromatic carbocycles. The monoisotopic (exact) mass is 361 g/mol. The molecule has 3 aromatic rings. The highest BCUT2D eigenvalue weighted by atomic mass is 19.1. The average Bonchev–Trinajstić information content (AvgIpc) is 3.37. The second-order valence-corrected chi connectivity index (χ2v) is 6.73. The molecule has 2 N–H and O–H groups in total. The smallest absolute Gasteiger partial charge is 0.149 e. The standard InChI is InChI=1S/C21H20FN5/c22-18-5-3-17(4-6-18)20-11-21(25-14-16-9-10-24-13-16)26-27(20)19-7-1-15(12-23)2-8-19/h1-8,11,16,24H,9-10,13-14H2,(H,25,26)/t16-/m0/s1. The summed E-state index contributed by atoms with van der Waals surface area (Å²) in [7, 11) is 0. The summed E-state index contributed by atoms with van der Waals surface area (Å²) in [6.45, 7) is 2.95. The van der Waals surface area contributed by atoms with Crippen LogP contribution < -0.4 is 10.6 Å². The van der Waals surface area contributed by atoms with Gasteiger partial charge in [-0.2, -0.15) is 5.26 Å². The first-order valence-electron chi connectivity index (χ1n) is 9.04. The van der Waals surface area contributed by atoms with Crippen molar-refractivity contribution in [2.45, 2.75) is 6.42 Å². The third-order valence-electron chi connectivity index (χ3n) is 4.82. The lowest BCUT2D eigenvalue weighted by Gasteiger charge is -2.09. The number of hydrogen-bond acceptors (Lipinski definition) is 4. The number of nitriles is 1. The molecule has 1 aromatic heterocycles. The molecule has 1 fully saturated rings. The Hall–Kier alpha value is -3.17. The normalized spacial score (nSPS) is 16.2. The van der Waals surface area contributed by atoms with Gasteiger partial charge in [0, 0.05) is 18.2 Å². The quantitative estimate of drug-likeness (QED) is 0.729. The highest BCUT2D eigenvalue weighted by Crippen LogP contribution is 2.27. The van der Waals surface area contributed by atoms with E-state index in [1.54, 1.807) is 24.3 Å². The zero-order chi connectivity index (χ0) is 18.6. The minimum Gasteiger partial charge on any atom is -0.368 e. The van der Waals surface area contributed by atoms with E-state index in [0.717, 1.165) is 48.8 Å². The van der Waals surface area contributed by atoms with E-state index < -0.39 is 0 Å². The van der Waals surface area contributed by atoms with E-state index in [0.29, 0.717) is 11.5 Å². The van der Waals surface area contributed by atoms with Gasteiger partial charge in [-0.15, -0.1) is 5.10 Å². The molecule has 2 heterocycles. The fourth-order valence-corrected chi connectivity index (χ4v) is 3.31. The van der Waals surface area contributed by atoms with Gasteiger partial charge in [-0.3, -0.25) is 0 Å². The summed E-state index contributed by atoms with van der Waals surface area (Å²) >= 11 is 0. The number of nitrogens with zero attached hydrogens (tertiary/aromatic N) is 3. The van der Waals surface area contributed by atoms with Gasteiger partial charge < -0.3 is 10.6 Å². The second kappa shape index (κ2) is 7.60. The average molecular weight is 361 g/mol. The Morgan fingerprint density at radius 1 is 1.19 bits per heavy atom. The van der Waals surface area contributed by atoms with Gasteiger partial charge in [0.1, 0.15) is 11.6 Å². The molecule has 0 unspecified atom stereocenters. The van der Waals surface area contributed by atoms with Crippen LogP contribution in [0.4, 0.5) is 10.2 Å². The molecule has 4 rings (SSSR count). The SMILES string of the molecule is N#Cc1ccc(-n2nc(NC[C@H]3CCNC3)cc2-c2ccc(F)cc2)cc1. The topological polar surface area (TPSA) is 65.7 Å². The lowest BCUT2D eigenvalue weighted by molar-refractivity contribution is 0.613. The molecular weight excluding hydrogens is 341 g/mol. The van der Waals surface area contributed by atoms with Gasteiger partial charge in [0.2, 0.25) is 0 Å². The van der Waals surface area contributed by atoms with Gasteiger partial charge >= 0.3 is 0 Å². The summed E-state index contributed by atoms with van der Waals surface area (Å²) in [5.74, 6) is 1.11. The molecule has 6 heteroatoms. The molecule has 1 atom stereocenters. The molecule has 5 nitrogen and oxygen atoms in total. The van der Waals surface area contributed by atoms with E-state index >= 15 is 0 Å². The Labute approximate surface area is 157 Å². The number of halogens is 1. The maximum Gasteiger partial charge on any atom is 0.149 e. The Balaban J connectivity index is 1.67. The summed E-state index contributed by atoms with van der Waals surface area (Å²) < 4.78 is 15.2. The lowest BCUT2D eigenvalue weighted by Crippen LogP contribution is -2.17. The van der Waals surface area contributed by atoms with Crippen molar-refractivity contribution in [3.8, 4) is 23.0 Å². The fourth-order valence-electron chi connectivity index (χ4n) is 3.31. The number of hydrogen-bond donors (Lipinski definition) is 2. The first kappa shape index (κ1) is 17.3. The first-order valence-corrected chi connectivity index (χ1v) is 9.04. The Morgan fingerprint density at radius 3 is 2.63 bits per heavy atom. The number of benzene rings is 2. The Bertz CT molecular complexity index is 948. The first-order chi connectivity index (χ1) is 13.2. The predicted octanol–water partition coefficient (Wildman–Crippen LogP) is 3.57. The summed E-state index contributed by atoms with van der Waals surface area (Å²) in [5, 5.41) is 20.5. The van der Waals surface area contributed by atoms with Crippen LogP contribution in [0.15, 0.2) is 54.6 Å². The van der Waals surface area contributed by atoms with Crippen molar-refractivity contribution < 1.29 is 4.39 Å². The van der Waals surface area contributed by atoms with Gasteiger partial charge in [-0.1, -0.05) is 0 Å². The van der Waals surface area contributed by atoms with Crippen LogP contribution in [0.5, 0.6) is 0 Å². The minimum atomic E-state index is -0.268. The molecule has 0 spiro atoms. The number of aromatic nitrogens is 2. The molecule has 0 amide bonds. The van der Waals surface area contributed by atoms with Gasteiger partial charge in [0.15, 0.2) is 0 Å². The third-order valence-corrected chi connectivity index (χ3v) is 4.82. The van der Waals surface area contributed by atoms with Gasteiger partial charge in [0.05, 0.1) is 23.0 Å². The molecule has 0 bridgehead atoms. The van der Waals surface area contributed by atoms with Crippen LogP contribution in [0.1, 0.15) is 12.0 Å². The summed E-state index contributed by atoms with van der Waals surface area (Å²) in [6.07, 6.45) is 1.16. The number of nitrogens with one attached hydrogen (secondary N) is 2. The molecule has 1 aliphatic heterocycles. The van der Waals surface area contributed by atoms with Crippen LogP contribution in [0.25, 0.3) is 16.9 Å². The van der Waals surface area contributed by atoms with Crippen LogP contribution in [0, 0.1) is 23.1 Å². The van der Waals surface area contributed by atoms with Crippen molar-refractivity contribution in [1.82, 2.24) is 15.1 Å². The van der Waals surface area contributed by atoms with Crippen molar-refractivity contribution in [2.75, 3.05) is 25.0 Å². The van der Waals surface area contributed by atoms with Gasteiger partial charge in [0.25, 0.3) is 0 Å². The van der Waals surface area contributed by atoms with Crippen LogP contribution in [-0.2, 0) is 0 Å². The highest BCUT2D eigenvalue weighted by molar-refractivity contribution is 5.66. The molecule has 0 radical (unpaired) electrons. The van der Waals surface area contributed by atoms with Crippen molar-refractivity contribution in [3.63, 3.8) is 0 Å². The van der Waals surface area contributed by atoms with Gasteiger partial charge in [-0.25, -0.2) is 9.07 Å². The third kappa shape index (κ3) is 3.83. The van der Waals surface area contributed by atoms with E-state index in [1.807, 2.05) is 22.9 Å². The van der Waals surface area contributed by atoms with E-state index in [1.165, 1.54) is 12.1 Å². The lowest BCUT2D eigenvalue weighted by atomic mass is 10.1. The largest absolute Gasteiger partial charge is 0.368 e. The summed E-state index contributed by atoms with van der Waals surface area (Å²) in [6, 6.07) is 17.8. The second-order valence-electron chi connectivity index (χ2n) is 6.73. The van der Waals surface area contributed by atoms with E-state index in [9.17, 15) is 4.39 Å². The maximum absolute atomic E-state index is 13.3. The molecule has 27 heavy (non-hydrogen) atoms. The van der Waals surface area contributed by atoms with E-state index in [2.05, 4.69) is 16.7 Å². The van der Waals surface area contributed by atoms with Crippen LogP contribution in [-0.4, -0.2) is 29.4 Å². The molecule has 1 saturated heterocycles. The van der Waals surface area contributed by atoms with Crippen molar-refractivity contribution in [3.05, 3.63) is 66.0 Å². The summed E-state index contributed by atoms with van der Waals surface area (Å²) in [4.78, 5) is 0. The van der Waals surface area contributed by atoms with Gasteiger partial charge in [-0.05, 0) is 74.0 Å². The van der Waals surface area contributed by atoms with E-state index in [4.69, 9.17) is 10.4 Å². The molecule has 136 valence electrons. The highest BCUT2D eigenvalue weighted by Gasteiger charge is 2.16. The van der Waals surface area contributed by atoms with Crippen molar-refractivity contribution >= 4 is 5.82 Å². The minimum absolute atomic E-state index is 0.268. The van der Waals surface area contributed by atoms with Crippen LogP contribution >= 0.6 is 0 Å². The predicted molar refractivity (Wildman–Crippen MR) is 103 cm³/mol. The Morgan fingerprint density at radius 2 is 1.96 bits per heavy atom. The zero-order valence-corrected chi connectivity index (χ0v) is 14.8. The molecule has 1 aliphatic rings.